The highest BCUT2D eigenvalue weighted by atomic mass is 32.2. The van der Waals surface area contributed by atoms with E-state index in [4.69, 9.17) is 0 Å². The molecule has 8 nitrogen and oxygen atoms in total. The molecular formula is C12H9N5O3S. The fourth-order valence-electron chi connectivity index (χ4n) is 1.75. The van der Waals surface area contributed by atoms with Crippen molar-refractivity contribution in [3.05, 3.63) is 40.6 Å². The van der Waals surface area contributed by atoms with Crippen molar-refractivity contribution >= 4 is 29.0 Å². The number of imide groups is 1. The molecule has 2 N–H and O–H groups in total. The summed E-state index contributed by atoms with van der Waals surface area (Å²) < 4.78 is 0. The third-order valence-corrected chi connectivity index (χ3v) is 3.66. The first-order chi connectivity index (χ1) is 10.1. The molecule has 1 aromatic heterocycles. The van der Waals surface area contributed by atoms with E-state index in [1.807, 2.05) is 0 Å². The monoisotopic (exact) mass is 303 g/mol. The Bertz CT molecular complexity index is 711. The van der Waals surface area contributed by atoms with Crippen molar-refractivity contribution in [2.75, 3.05) is 0 Å². The first kappa shape index (κ1) is 13.3. The number of aromatic nitrogens is 4. The number of hydrogen-bond donors (Lipinski definition) is 2. The SMILES string of the molecule is O=C1S/C(=C\c2ccc(O)cc2)C(=O)N1Cc1nn[nH]n1. The van der Waals surface area contributed by atoms with Crippen molar-refractivity contribution in [3.8, 4) is 5.75 Å². The van der Waals surface area contributed by atoms with Crippen LogP contribution in [0.4, 0.5) is 4.79 Å². The smallest absolute Gasteiger partial charge is 0.293 e. The van der Waals surface area contributed by atoms with Gasteiger partial charge in [0.1, 0.15) is 5.75 Å². The standard InChI is InChI=1S/C12H9N5O3S/c18-8-3-1-7(2-4-8)5-9-11(19)17(12(20)21-9)6-10-13-15-16-14-10/h1-5,18H,6H2,(H,13,14,15,16)/b9-5-. The predicted molar refractivity (Wildman–Crippen MR) is 73.8 cm³/mol. The Labute approximate surface area is 122 Å². The molecule has 0 spiro atoms. The summed E-state index contributed by atoms with van der Waals surface area (Å²) in [5.41, 5.74) is 0.720. The van der Waals surface area contributed by atoms with Crippen molar-refractivity contribution in [1.29, 1.82) is 0 Å². The summed E-state index contributed by atoms with van der Waals surface area (Å²) >= 11 is 0.853. The zero-order valence-electron chi connectivity index (χ0n) is 10.6. The maximum atomic E-state index is 12.2. The highest BCUT2D eigenvalue weighted by Gasteiger charge is 2.35. The number of carbonyl (C=O) groups is 2. The van der Waals surface area contributed by atoms with E-state index >= 15 is 0 Å². The van der Waals surface area contributed by atoms with Gasteiger partial charge in [-0.15, -0.1) is 10.2 Å². The first-order valence-corrected chi connectivity index (χ1v) is 6.72. The molecule has 21 heavy (non-hydrogen) atoms. The van der Waals surface area contributed by atoms with Gasteiger partial charge in [-0.1, -0.05) is 17.3 Å². The van der Waals surface area contributed by atoms with Gasteiger partial charge < -0.3 is 5.11 Å². The number of aromatic hydroxyl groups is 1. The van der Waals surface area contributed by atoms with Gasteiger partial charge in [0, 0.05) is 0 Å². The Balaban J connectivity index is 1.81. The predicted octanol–water partition coefficient (Wildman–Crippen LogP) is 1.14. The van der Waals surface area contributed by atoms with Gasteiger partial charge in [0.2, 0.25) is 0 Å². The number of phenols is 1. The Morgan fingerprint density at radius 1 is 1.29 bits per heavy atom. The van der Waals surface area contributed by atoms with Crippen molar-refractivity contribution in [3.63, 3.8) is 0 Å². The molecule has 106 valence electrons. The second kappa shape index (κ2) is 5.37. The number of aromatic amines is 1. The van der Waals surface area contributed by atoms with E-state index in [1.54, 1.807) is 18.2 Å². The van der Waals surface area contributed by atoms with Crippen molar-refractivity contribution in [1.82, 2.24) is 25.5 Å². The summed E-state index contributed by atoms with van der Waals surface area (Å²) in [5.74, 6) is 0.00317. The average Bonchev–Trinajstić information content (AvgIpc) is 3.06. The van der Waals surface area contributed by atoms with E-state index in [2.05, 4.69) is 20.6 Å². The minimum Gasteiger partial charge on any atom is -0.508 e. The number of H-pyrrole nitrogens is 1. The second-order valence-corrected chi connectivity index (χ2v) is 5.18. The number of thioether (sulfide) groups is 1. The molecule has 3 rings (SSSR count). The van der Waals surface area contributed by atoms with Gasteiger partial charge in [-0.2, -0.15) is 5.21 Å². The molecule has 0 unspecified atom stereocenters. The Hall–Kier alpha value is -2.68. The van der Waals surface area contributed by atoms with Gasteiger partial charge >= 0.3 is 0 Å². The van der Waals surface area contributed by atoms with Crippen molar-refractivity contribution < 1.29 is 14.7 Å². The van der Waals surface area contributed by atoms with Gasteiger partial charge in [0.05, 0.1) is 11.4 Å². The van der Waals surface area contributed by atoms with Crippen LogP contribution in [0.5, 0.6) is 5.75 Å². The molecule has 9 heteroatoms. The molecule has 1 saturated heterocycles. The molecule has 0 aliphatic carbocycles. The number of hydrogen-bond acceptors (Lipinski definition) is 7. The van der Waals surface area contributed by atoms with E-state index in [0.29, 0.717) is 4.91 Å². The fourth-order valence-corrected chi connectivity index (χ4v) is 2.59. The highest BCUT2D eigenvalue weighted by molar-refractivity contribution is 8.18. The quantitative estimate of drug-likeness (QED) is 0.818. The molecule has 1 fully saturated rings. The number of benzene rings is 1. The van der Waals surface area contributed by atoms with Crippen LogP contribution in [0.2, 0.25) is 0 Å². The molecule has 2 heterocycles. The topological polar surface area (TPSA) is 112 Å². The van der Waals surface area contributed by atoms with Crippen molar-refractivity contribution in [2.24, 2.45) is 0 Å². The van der Waals surface area contributed by atoms with E-state index in [-0.39, 0.29) is 23.4 Å². The molecule has 1 aliphatic rings. The Kier molecular flexibility index (Phi) is 3.40. The lowest BCUT2D eigenvalue weighted by molar-refractivity contribution is -0.123. The van der Waals surface area contributed by atoms with Crippen LogP contribution in [-0.2, 0) is 11.3 Å². The van der Waals surface area contributed by atoms with Crippen LogP contribution in [0.3, 0.4) is 0 Å². The molecule has 1 aliphatic heterocycles. The zero-order chi connectivity index (χ0) is 14.8. The Morgan fingerprint density at radius 2 is 2.05 bits per heavy atom. The van der Waals surface area contributed by atoms with E-state index in [1.165, 1.54) is 12.1 Å². The van der Waals surface area contributed by atoms with Crippen LogP contribution in [0.15, 0.2) is 29.2 Å². The average molecular weight is 303 g/mol. The lowest BCUT2D eigenvalue weighted by Gasteiger charge is -2.08. The van der Waals surface area contributed by atoms with E-state index in [9.17, 15) is 14.7 Å². The maximum Gasteiger partial charge on any atom is 0.293 e. The van der Waals surface area contributed by atoms with Crippen LogP contribution in [0.1, 0.15) is 11.4 Å². The molecule has 0 atom stereocenters. The summed E-state index contributed by atoms with van der Waals surface area (Å²) in [6.07, 6.45) is 1.60. The summed E-state index contributed by atoms with van der Waals surface area (Å²) in [6.45, 7) is -0.0198. The van der Waals surface area contributed by atoms with E-state index < -0.39 is 5.91 Å². The van der Waals surface area contributed by atoms with Crippen LogP contribution < -0.4 is 0 Å². The zero-order valence-corrected chi connectivity index (χ0v) is 11.4. The third-order valence-electron chi connectivity index (χ3n) is 2.75. The summed E-state index contributed by atoms with van der Waals surface area (Å²) in [5, 5.41) is 21.9. The van der Waals surface area contributed by atoms with Crippen LogP contribution in [0, 0.1) is 0 Å². The summed E-state index contributed by atoms with van der Waals surface area (Å²) in [4.78, 5) is 25.4. The number of nitrogens with zero attached hydrogens (tertiary/aromatic N) is 4. The van der Waals surface area contributed by atoms with Crippen LogP contribution in [0.25, 0.3) is 6.08 Å². The van der Waals surface area contributed by atoms with Gasteiger partial charge in [0.25, 0.3) is 11.1 Å². The largest absolute Gasteiger partial charge is 0.508 e. The fraction of sp³-hybridized carbons (Fsp3) is 0.0833. The Morgan fingerprint density at radius 3 is 2.71 bits per heavy atom. The van der Waals surface area contributed by atoms with Gasteiger partial charge in [-0.05, 0) is 35.5 Å². The summed E-state index contributed by atoms with van der Waals surface area (Å²) in [6, 6.07) is 6.33. The van der Waals surface area contributed by atoms with Crippen molar-refractivity contribution in [2.45, 2.75) is 6.54 Å². The molecule has 2 amide bonds. The molecular weight excluding hydrogens is 294 g/mol. The number of rotatable bonds is 3. The molecule has 1 aromatic carbocycles. The maximum absolute atomic E-state index is 12.2. The highest BCUT2D eigenvalue weighted by Crippen LogP contribution is 2.33. The minimum atomic E-state index is -0.400. The minimum absolute atomic E-state index is 0.0198. The summed E-state index contributed by atoms with van der Waals surface area (Å²) in [7, 11) is 0. The third kappa shape index (κ3) is 2.77. The van der Waals surface area contributed by atoms with Gasteiger partial charge in [-0.25, -0.2) is 0 Å². The number of nitrogens with one attached hydrogen (secondary N) is 1. The lowest BCUT2D eigenvalue weighted by atomic mass is 10.2. The van der Waals surface area contributed by atoms with Crippen LogP contribution >= 0.6 is 11.8 Å². The number of carbonyl (C=O) groups excluding carboxylic acids is 2. The normalized spacial score (nSPS) is 17.0. The number of amides is 2. The van der Waals surface area contributed by atoms with Gasteiger partial charge in [-0.3, -0.25) is 14.5 Å². The van der Waals surface area contributed by atoms with Crippen LogP contribution in [-0.4, -0.2) is 41.8 Å². The molecule has 0 saturated carbocycles. The lowest BCUT2D eigenvalue weighted by Crippen LogP contribution is -2.28. The second-order valence-electron chi connectivity index (χ2n) is 4.19. The number of phenolic OH excluding ortho intramolecular Hbond substituents is 1. The number of tetrazole rings is 1. The molecule has 0 bridgehead atoms. The van der Waals surface area contributed by atoms with Gasteiger partial charge in [0.15, 0.2) is 5.82 Å². The van der Waals surface area contributed by atoms with E-state index in [0.717, 1.165) is 22.2 Å². The molecule has 0 radical (unpaired) electrons. The molecule has 2 aromatic rings. The first-order valence-electron chi connectivity index (χ1n) is 5.90.